The number of para-hydroxylation sites is 1. The molecule has 1 heterocycles. The van der Waals surface area contributed by atoms with Gasteiger partial charge in [-0.05, 0) is 36.4 Å². The number of hydrogen-bond donors (Lipinski definition) is 1. The van der Waals surface area contributed by atoms with E-state index in [1.54, 1.807) is 54.6 Å². The maximum Gasteiger partial charge on any atom is 0.421 e. The number of halogens is 4. The van der Waals surface area contributed by atoms with Crippen LogP contribution in [0.3, 0.4) is 0 Å². The molecule has 0 amide bonds. The first-order chi connectivity index (χ1) is 12.3. The van der Waals surface area contributed by atoms with Crippen molar-refractivity contribution >= 4 is 34.7 Å². The molecule has 3 aromatic rings. The van der Waals surface area contributed by atoms with E-state index in [4.69, 9.17) is 11.6 Å². The van der Waals surface area contributed by atoms with Crippen LogP contribution in [-0.4, -0.2) is 17.0 Å². The molecule has 1 aromatic heterocycles. The van der Waals surface area contributed by atoms with Crippen molar-refractivity contribution in [3.05, 3.63) is 71.4 Å². The van der Waals surface area contributed by atoms with Crippen LogP contribution in [0.15, 0.2) is 60.8 Å². The average molecular weight is 379 g/mol. The molecule has 4 nitrogen and oxygen atoms in total. The van der Waals surface area contributed by atoms with E-state index in [0.29, 0.717) is 16.4 Å². The number of aromatic nitrogens is 2. The molecule has 0 saturated carbocycles. The van der Waals surface area contributed by atoms with Gasteiger partial charge in [0.1, 0.15) is 5.56 Å². The molecule has 2 aromatic carbocycles. The lowest BCUT2D eigenvalue weighted by Crippen LogP contribution is -2.19. The SMILES string of the molecule is CN(c1ccccc1)c1nc(Nc2ccc(Cl)cc2)ncc1C(F)(F)F. The van der Waals surface area contributed by atoms with E-state index in [1.807, 2.05) is 0 Å². The Morgan fingerprint density at radius 3 is 2.27 bits per heavy atom. The van der Waals surface area contributed by atoms with Gasteiger partial charge < -0.3 is 10.2 Å². The van der Waals surface area contributed by atoms with Crippen LogP contribution in [0.4, 0.5) is 36.3 Å². The first-order valence-corrected chi connectivity index (χ1v) is 7.98. The van der Waals surface area contributed by atoms with Crippen molar-refractivity contribution < 1.29 is 13.2 Å². The van der Waals surface area contributed by atoms with Gasteiger partial charge in [-0.1, -0.05) is 29.8 Å². The molecular weight excluding hydrogens is 365 g/mol. The third-order valence-electron chi connectivity index (χ3n) is 3.64. The summed E-state index contributed by atoms with van der Waals surface area (Å²) in [7, 11) is 1.53. The van der Waals surface area contributed by atoms with E-state index in [-0.39, 0.29) is 11.8 Å². The van der Waals surface area contributed by atoms with E-state index in [2.05, 4.69) is 15.3 Å². The number of anilines is 4. The van der Waals surface area contributed by atoms with Crippen molar-refractivity contribution in [1.82, 2.24) is 9.97 Å². The Balaban J connectivity index is 2.00. The van der Waals surface area contributed by atoms with Gasteiger partial charge >= 0.3 is 6.18 Å². The van der Waals surface area contributed by atoms with E-state index < -0.39 is 11.7 Å². The number of rotatable bonds is 4. The molecule has 0 saturated heterocycles. The molecular formula is C18H14ClF3N4. The topological polar surface area (TPSA) is 41.1 Å². The minimum atomic E-state index is -4.57. The Bertz CT molecular complexity index is 883. The summed E-state index contributed by atoms with van der Waals surface area (Å²) in [5, 5.41) is 3.43. The van der Waals surface area contributed by atoms with Gasteiger partial charge in [-0.2, -0.15) is 18.2 Å². The van der Waals surface area contributed by atoms with Gasteiger partial charge in [-0.15, -0.1) is 0 Å². The minimum Gasteiger partial charge on any atom is -0.329 e. The van der Waals surface area contributed by atoms with Crippen molar-refractivity contribution in [2.75, 3.05) is 17.3 Å². The maximum absolute atomic E-state index is 13.4. The number of nitrogens with one attached hydrogen (secondary N) is 1. The van der Waals surface area contributed by atoms with Crippen molar-refractivity contribution in [3.63, 3.8) is 0 Å². The molecule has 134 valence electrons. The predicted octanol–water partition coefficient (Wildman–Crippen LogP) is 5.66. The van der Waals surface area contributed by atoms with Gasteiger partial charge in [0.25, 0.3) is 0 Å². The summed E-state index contributed by atoms with van der Waals surface area (Å²) in [5.41, 5.74) is 0.280. The zero-order chi connectivity index (χ0) is 18.7. The fourth-order valence-corrected chi connectivity index (χ4v) is 2.45. The molecule has 8 heteroatoms. The van der Waals surface area contributed by atoms with Crippen molar-refractivity contribution in [1.29, 1.82) is 0 Å². The molecule has 26 heavy (non-hydrogen) atoms. The first kappa shape index (κ1) is 18.0. The molecule has 1 N–H and O–H groups in total. The highest BCUT2D eigenvalue weighted by Gasteiger charge is 2.36. The van der Waals surface area contributed by atoms with Crippen LogP contribution in [0.5, 0.6) is 0 Å². The maximum atomic E-state index is 13.4. The Hall–Kier alpha value is -2.80. The van der Waals surface area contributed by atoms with E-state index >= 15 is 0 Å². The Labute approximate surface area is 153 Å². The highest BCUT2D eigenvalue weighted by Crippen LogP contribution is 2.37. The highest BCUT2D eigenvalue weighted by atomic mass is 35.5. The second kappa shape index (κ2) is 7.21. The summed E-state index contributed by atoms with van der Waals surface area (Å²) in [4.78, 5) is 9.25. The lowest BCUT2D eigenvalue weighted by Gasteiger charge is -2.22. The van der Waals surface area contributed by atoms with E-state index in [0.717, 1.165) is 6.20 Å². The smallest absolute Gasteiger partial charge is 0.329 e. The normalized spacial score (nSPS) is 11.3. The number of hydrogen-bond acceptors (Lipinski definition) is 4. The van der Waals surface area contributed by atoms with Crippen LogP contribution >= 0.6 is 11.6 Å². The first-order valence-electron chi connectivity index (χ1n) is 7.60. The monoisotopic (exact) mass is 378 g/mol. The molecule has 0 fully saturated rings. The summed E-state index contributed by atoms with van der Waals surface area (Å²) >= 11 is 5.83. The lowest BCUT2D eigenvalue weighted by molar-refractivity contribution is -0.137. The van der Waals surface area contributed by atoms with Crippen LogP contribution < -0.4 is 10.2 Å². The Morgan fingerprint density at radius 2 is 1.65 bits per heavy atom. The second-order valence-electron chi connectivity index (χ2n) is 5.46. The Kier molecular flexibility index (Phi) is 4.99. The number of benzene rings is 2. The van der Waals surface area contributed by atoms with Gasteiger partial charge in [-0.3, -0.25) is 0 Å². The van der Waals surface area contributed by atoms with Crippen LogP contribution in [0.2, 0.25) is 5.02 Å². The predicted molar refractivity (Wildman–Crippen MR) is 96.3 cm³/mol. The standard InChI is InChI=1S/C18H14ClF3N4/c1-26(14-5-3-2-4-6-14)16-15(18(20,21)22)11-23-17(25-16)24-13-9-7-12(19)8-10-13/h2-11H,1H3,(H,23,24,25). The van der Waals surface area contributed by atoms with Gasteiger partial charge in [0, 0.05) is 29.6 Å². The minimum absolute atomic E-state index is 0.0538. The highest BCUT2D eigenvalue weighted by molar-refractivity contribution is 6.30. The van der Waals surface area contributed by atoms with E-state index in [9.17, 15) is 13.2 Å². The quantitative estimate of drug-likeness (QED) is 0.636. The van der Waals surface area contributed by atoms with Crippen LogP contribution in [0.1, 0.15) is 5.56 Å². The summed E-state index contributed by atoms with van der Waals surface area (Å²) in [6, 6.07) is 15.4. The summed E-state index contributed by atoms with van der Waals surface area (Å²) in [6.07, 6.45) is -3.79. The third-order valence-corrected chi connectivity index (χ3v) is 3.89. The van der Waals surface area contributed by atoms with Gasteiger partial charge in [0.2, 0.25) is 5.95 Å². The fraction of sp³-hybridized carbons (Fsp3) is 0.111. The molecule has 0 bridgehead atoms. The molecule has 0 aliphatic rings. The summed E-state index contributed by atoms with van der Waals surface area (Å²) in [6.45, 7) is 0. The van der Waals surface area contributed by atoms with Crippen molar-refractivity contribution in [2.45, 2.75) is 6.18 Å². The number of nitrogens with zero attached hydrogens (tertiary/aromatic N) is 3. The molecule has 0 spiro atoms. The lowest BCUT2D eigenvalue weighted by atomic mass is 10.2. The zero-order valence-electron chi connectivity index (χ0n) is 13.6. The number of alkyl halides is 3. The van der Waals surface area contributed by atoms with E-state index in [1.165, 1.54) is 11.9 Å². The van der Waals surface area contributed by atoms with Crippen molar-refractivity contribution in [3.8, 4) is 0 Å². The molecule has 0 aliphatic heterocycles. The summed E-state index contributed by atoms with van der Waals surface area (Å²) < 4.78 is 40.2. The molecule has 0 atom stereocenters. The summed E-state index contributed by atoms with van der Waals surface area (Å²) in [5.74, 6) is -0.187. The molecule has 3 rings (SSSR count). The van der Waals surface area contributed by atoms with Gasteiger partial charge in [0.05, 0.1) is 0 Å². The average Bonchev–Trinajstić information content (AvgIpc) is 2.63. The van der Waals surface area contributed by atoms with Crippen LogP contribution in [0.25, 0.3) is 0 Å². The third kappa shape index (κ3) is 4.05. The van der Waals surface area contributed by atoms with Crippen LogP contribution in [-0.2, 0) is 6.18 Å². The second-order valence-corrected chi connectivity index (χ2v) is 5.89. The Morgan fingerprint density at radius 1 is 1.00 bits per heavy atom. The van der Waals surface area contributed by atoms with Gasteiger partial charge in [-0.25, -0.2) is 4.98 Å². The molecule has 0 radical (unpaired) electrons. The van der Waals surface area contributed by atoms with Crippen molar-refractivity contribution in [2.24, 2.45) is 0 Å². The fourth-order valence-electron chi connectivity index (χ4n) is 2.32. The zero-order valence-corrected chi connectivity index (χ0v) is 14.4. The molecule has 0 unspecified atom stereocenters. The van der Waals surface area contributed by atoms with Crippen LogP contribution in [0, 0.1) is 0 Å². The molecule has 0 aliphatic carbocycles. The largest absolute Gasteiger partial charge is 0.421 e. The van der Waals surface area contributed by atoms with Gasteiger partial charge in [0.15, 0.2) is 5.82 Å².